The third-order valence-corrected chi connectivity index (χ3v) is 3.77. The molecule has 1 saturated carbocycles. The number of hydrogen-bond donors (Lipinski definition) is 1. The number of nitrogen functional groups attached to an aromatic ring is 1. The van der Waals surface area contributed by atoms with Crippen LogP contribution in [0.15, 0.2) is 6.20 Å². The van der Waals surface area contributed by atoms with Gasteiger partial charge in [0.25, 0.3) is 0 Å². The number of rotatable bonds is 2. The average Bonchev–Trinajstić information content (AvgIpc) is 2.32. The van der Waals surface area contributed by atoms with Gasteiger partial charge in [0.1, 0.15) is 5.60 Å². The molecule has 2 rings (SSSR count). The Kier molecular flexibility index (Phi) is 3.33. The Hall–Kier alpha value is -1.16. The molecule has 2 atom stereocenters. The van der Waals surface area contributed by atoms with Crippen LogP contribution in [-0.2, 0) is 10.3 Å². The highest BCUT2D eigenvalue weighted by Crippen LogP contribution is 2.41. The highest BCUT2D eigenvalue weighted by Gasteiger charge is 2.39. The first-order chi connectivity index (χ1) is 8.07. The summed E-state index contributed by atoms with van der Waals surface area (Å²) in [5.41, 5.74) is 6.94. The van der Waals surface area contributed by atoms with E-state index in [2.05, 4.69) is 16.9 Å². The van der Waals surface area contributed by atoms with Crippen LogP contribution in [-0.4, -0.2) is 17.1 Å². The molecule has 1 aromatic rings. The fraction of sp³-hybridized carbons (Fsp3) is 0.692. The zero-order chi connectivity index (χ0) is 12.5. The Bertz CT molecular complexity index is 408. The summed E-state index contributed by atoms with van der Waals surface area (Å²) in [6, 6.07) is 0. The van der Waals surface area contributed by atoms with E-state index in [0.29, 0.717) is 11.6 Å². The Labute approximate surface area is 103 Å². The Morgan fingerprint density at radius 2 is 2.29 bits per heavy atom. The van der Waals surface area contributed by atoms with Crippen LogP contribution in [0.1, 0.15) is 44.1 Å². The van der Waals surface area contributed by atoms with Gasteiger partial charge in [0.15, 0.2) is 5.82 Å². The topological polar surface area (TPSA) is 61.0 Å². The van der Waals surface area contributed by atoms with Gasteiger partial charge in [0.05, 0.1) is 17.6 Å². The highest BCUT2D eigenvalue weighted by atomic mass is 16.5. The van der Waals surface area contributed by atoms with Crippen molar-refractivity contribution in [3.8, 4) is 0 Å². The molecule has 0 aromatic carbocycles. The molecule has 94 valence electrons. The molecule has 4 nitrogen and oxygen atoms in total. The number of ether oxygens (including phenoxy) is 1. The maximum absolute atomic E-state index is 5.76. The Morgan fingerprint density at radius 1 is 1.53 bits per heavy atom. The molecular weight excluding hydrogens is 214 g/mol. The summed E-state index contributed by atoms with van der Waals surface area (Å²) in [6.45, 7) is 4.17. The van der Waals surface area contributed by atoms with Gasteiger partial charge in [0, 0.05) is 7.11 Å². The van der Waals surface area contributed by atoms with E-state index in [9.17, 15) is 0 Å². The van der Waals surface area contributed by atoms with Crippen LogP contribution < -0.4 is 5.73 Å². The van der Waals surface area contributed by atoms with Crippen molar-refractivity contribution in [1.29, 1.82) is 0 Å². The minimum atomic E-state index is -0.309. The molecule has 4 heteroatoms. The van der Waals surface area contributed by atoms with E-state index in [1.54, 1.807) is 13.3 Å². The lowest BCUT2D eigenvalue weighted by atomic mass is 9.78. The van der Waals surface area contributed by atoms with E-state index in [1.807, 2.05) is 6.92 Å². The van der Waals surface area contributed by atoms with Crippen molar-refractivity contribution in [2.75, 3.05) is 12.8 Å². The van der Waals surface area contributed by atoms with Crippen molar-refractivity contribution in [2.45, 2.75) is 45.1 Å². The smallest absolute Gasteiger partial charge is 0.160 e. The predicted molar refractivity (Wildman–Crippen MR) is 67.5 cm³/mol. The number of aryl methyl sites for hydroxylation is 1. The normalized spacial score (nSPS) is 29.2. The predicted octanol–water partition coefficient (Wildman–Crippen LogP) is 2.42. The van der Waals surface area contributed by atoms with Crippen LogP contribution in [0.3, 0.4) is 0 Å². The first kappa shape index (κ1) is 12.3. The van der Waals surface area contributed by atoms with Crippen LogP contribution in [0.25, 0.3) is 0 Å². The first-order valence-electron chi connectivity index (χ1n) is 6.22. The standard InChI is InChI=1S/C13H21N3O/c1-9-5-4-6-13(7-9,17-3)12-15-8-11(14)10(2)16-12/h8-9H,4-7,14H2,1-3H3. The summed E-state index contributed by atoms with van der Waals surface area (Å²) in [4.78, 5) is 8.89. The van der Waals surface area contributed by atoms with E-state index in [4.69, 9.17) is 10.5 Å². The van der Waals surface area contributed by atoms with E-state index in [0.717, 1.165) is 24.4 Å². The van der Waals surface area contributed by atoms with Crippen molar-refractivity contribution in [2.24, 2.45) is 5.92 Å². The molecule has 1 heterocycles. The number of nitrogens with zero attached hydrogens (tertiary/aromatic N) is 2. The van der Waals surface area contributed by atoms with Gasteiger partial charge in [-0.2, -0.15) is 0 Å². The summed E-state index contributed by atoms with van der Waals surface area (Å²) in [6.07, 6.45) is 6.11. The first-order valence-corrected chi connectivity index (χ1v) is 6.22. The quantitative estimate of drug-likeness (QED) is 0.855. The van der Waals surface area contributed by atoms with Crippen molar-refractivity contribution in [3.05, 3.63) is 17.7 Å². The number of methoxy groups -OCH3 is 1. The Morgan fingerprint density at radius 3 is 2.88 bits per heavy atom. The Balaban J connectivity index is 2.36. The molecule has 17 heavy (non-hydrogen) atoms. The summed E-state index contributed by atoms with van der Waals surface area (Å²) >= 11 is 0. The van der Waals surface area contributed by atoms with Gasteiger partial charge in [-0.05, 0) is 32.1 Å². The van der Waals surface area contributed by atoms with Crippen LogP contribution in [0.5, 0.6) is 0 Å². The van der Waals surface area contributed by atoms with E-state index in [-0.39, 0.29) is 5.60 Å². The fourth-order valence-corrected chi connectivity index (χ4v) is 2.68. The minimum absolute atomic E-state index is 0.309. The molecule has 1 aliphatic rings. The van der Waals surface area contributed by atoms with Crippen LogP contribution in [0, 0.1) is 12.8 Å². The summed E-state index contributed by atoms with van der Waals surface area (Å²) in [5, 5.41) is 0. The lowest BCUT2D eigenvalue weighted by Gasteiger charge is -2.37. The zero-order valence-corrected chi connectivity index (χ0v) is 10.9. The monoisotopic (exact) mass is 235 g/mol. The van der Waals surface area contributed by atoms with Gasteiger partial charge >= 0.3 is 0 Å². The number of aromatic nitrogens is 2. The molecule has 0 aliphatic heterocycles. The van der Waals surface area contributed by atoms with Crippen molar-refractivity contribution in [3.63, 3.8) is 0 Å². The lowest BCUT2D eigenvalue weighted by molar-refractivity contribution is -0.0647. The maximum Gasteiger partial charge on any atom is 0.160 e. The molecular formula is C13H21N3O. The lowest BCUT2D eigenvalue weighted by Crippen LogP contribution is -2.36. The largest absolute Gasteiger partial charge is 0.396 e. The molecule has 1 aromatic heterocycles. The van der Waals surface area contributed by atoms with Crippen molar-refractivity contribution in [1.82, 2.24) is 9.97 Å². The van der Waals surface area contributed by atoms with E-state index in [1.165, 1.54) is 12.8 Å². The second kappa shape index (κ2) is 4.61. The molecule has 2 unspecified atom stereocenters. The second-order valence-corrected chi connectivity index (χ2v) is 5.13. The summed E-state index contributed by atoms with van der Waals surface area (Å²) < 4.78 is 5.76. The molecule has 0 spiro atoms. The van der Waals surface area contributed by atoms with Crippen molar-refractivity contribution < 1.29 is 4.74 Å². The third-order valence-electron chi connectivity index (χ3n) is 3.77. The molecule has 0 bridgehead atoms. The van der Waals surface area contributed by atoms with Gasteiger partial charge in [0.2, 0.25) is 0 Å². The second-order valence-electron chi connectivity index (χ2n) is 5.13. The molecule has 0 radical (unpaired) electrons. The van der Waals surface area contributed by atoms with Gasteiger partial charge < -0.3 is 10.5 Å². The van der Waals surface area contributed by atoms with Crippen molar-refractivity contribution >= 4 is 5.69 Å². The number of hydrogen-bond acceptors (Lipinski definition) is 4. The fourth-order valence-electron chi connectivity index (χ4n) is 2.68. The summed E-state index contributed by atoms with van der Waals surface area (Å²) in [7, 11) is 1.76. The van der Waals surface area contributed by atoms with E-state index >= 15 is 0 Å². The van der Waals surface area contributed by atoms with E-state index < -0.39 is 0 Å². The van der Waals surface area contributed by atoms with Crippen LogP contribution in [0.4, 0.5) is 5.69 Å². The SMILES string of the molecule is COC1(c2ncc(N)c(C)n2)CCCC(C)C1. The van der Waals surface area contributed by atoms with Gasteiger partial charge in [-0.25, -0.2) is 9.97 Å². The van der Waals surface area contributed by atoms with Gasteiger partial charge in [-0.15, -0.1) is 0 Å². The minimum Gasteiger partial charge on any atom is -0.396 e. The maximum atomic E-state index is 5.76. The van der Waals surface area contributed by atoms with Gasteiger partial charge in [-0.3, -0.25) is 0 Å². The number of nitrogens with two attached hydrogens (primary N) is 1. The summed E-state index contributed by atoms with van der Waals surface area (Å²) in [5.74, 6) is 1.45. The number of anilines is 1. The van der Waals surface area contributed by atoms with Crippen LogP contribution >= 0.6 is 0 Å². The van der Waals surface area contributed by atoms with Crippen LogP contribution in [0.2, 0.25) is 0 Å². The zero-order valence-electron chi connectivity index (χ0n) is 10.9. The molecule has 1 aliphatic carbocycles. The highest BCUT2D eigenvalue weighted by molar-refractivity contribution is 5.39. The molecule has 1 fully saturated rings. The molecule has 0 saturated heterocycles. The average molecular weight is 235 g/mol. The van der Waals surface area contributed by atoms with Gasteiger partial charge in [-0.1, -0.05) is 13.3 Å². The molecule has 0 amide bonds. The third kappa shape index (κ3) is 2.27. The molecule has 2 N–H and O–H groups in total.